The van der Waals surface area contributed by atoms with E-state index in [-0.39, 0.29) is 18.1 Å². The van der Waals surface area contributed by atoms with Crippen molar-refractivity contribution in [3.63, 3.8) is 0 Å². The smallest absolute Gasteiger partial charge is 0.198 e. The zero-order valence-corrected chi connectivity index (χ0v) is 14.0. The summed E-state index contributed by atoms with van der Waals surface area (Å²) in [7, 11) is 0. The van der Waals surface area contributed by atoms with Crippen molar-refractivity contribution in [2.75, 3.05) is 0 Å². The lowest BCUT2D eigenvalue weighted by molar-refractivity contribution is 0.148. The molecule has 1 aromatic carbocycles. The number of nitrogens with zero attached hydrogens (tertiary/aromatic N) is 1. The molecule has 1 aromatic heterocycles. The molecule has 21 heavy (non-hydrogen) atoms. The molecule has 3 rings (SSSR count). The molecule has 4 nitrogen and oxygen atoms in total. The van der Waals surface area contributed by atoms with Gasteiger partial charge in [-0.15, -0.1) is 0 Å². The number of halogens is 1. The second kappa shape index (κ2) is 6.07. The van der Waals surface area contributed by atoms with Crippen molar-refractivity contribution in [3.05, 3.63) is 28.1 Å². The van der Waals surface area contributed by atoms with Crippen molar-refractivity contribution < 1.29 is 9.52 Å². The van der Waals surface area contributed by atoms with Gasteiger partial charge in [-0.2, -0.15) is 0 Å². The molecule has 0 saturated heterocycles. The lowest BCUT2D eigenvalue weighted by atomic mass is 10.1. The van der Waals surface area contributed by atoms with Gasteiger partial charge in [0.2, 0.25) is 0 Å². The maximum atomic E-state index is 9.86. The molecule has 2 atom stereocenters. The quantitative estimate of drug-likeness (QED) is 0.880. The van der Waals surface area contributed by atoms with Crippen LogP contribution in [0.2, 0.25) is 0 Å². The molecule has 0 spiro atoms. The Morgan fingerprint density at radius 3 is 2.90 bits per heavy atom. The topological polar surface area (TPSA) is 58.3 Å². The van der Waals surface area contributed by atoms with Crippen LogP contribution in [0, 0.1) is 0 Å². The van der Waals surface area contributed by atoms with E-state index >= 15 is 0 Å². The lowest BCUT2D eigenvalue weighted by Gasteiger charge is -2.16. The normalized spacial score (nSPS) is 22.5. The van der Waals surface area contributed by atoms with Crippen molar-refractivity contribution in [1.29, 1.82) is 0 Å². The monoisotopic (exact) mass is 352 g/mol. The first-order valence-corrected chi connectivity index (χ1v) is 8.34. The van der Waals surface area contributed by atoms with Crippen LogP contribution in [-0.2, 0) is 6.54 Å². The zero-order valence-electron chi connectivity index (χ0n) is 12.4. The van der Waals surface area contributed by atoms with Crippen LogP contribution >= 0.6 is 15.9 Å². The van der Waals surface area contributed by atoms with Crippen LogP contribution < -0.4 is 5.32 Å². The minimum atomic E-state index is -0.211. The Kier molecular flexibility index (Phi) is 4.33. The molecule has 0 unspecified atom stereocenters. The van der Waals surface area contributed by atoms with E-state index in [4.69, 9.17) is 4.42 Å². The highest BCUT2D eigenvalue weighted by Gasteiger charge is 2.24. The van der Waals surface area contributed by atoms with E-state index in [1.165, 1.54) is 0 Å². The highest BCUT2D eigenvalue weighted by atomic mass is 79.9. The van der Waals surface area contributed by atoms with E-state index in [1.807, 2.05) is 0 Å². The van der Waals surface area contributed by atoms with Gasteiger partial charge in [0, 0.05) is 18.5 Å². The zero-order chi connectivity index (χ0) is 15.0. The van der Waals surface area contributed by atoms with E-state index < -0.39 is 0 Å². The molecule has 1 aliphatic carbocycles. The van der Waals surface area contributed by atoms with E-state index in [2.05, 4.69) is 52.2 Å². The SMILES string of the molecule is CC(C)c1nc2cc(CN[C@@H]3CCC[C@@H]3O)cc(Br)c2o1. The highest BCUT2D eigenvalue weighted by molar-refractivity contribution is 9.10. The van der Waals surface area contributed by atoms with Crippen LogP contribution in [0.5, 0.6) is 0 Å². The Morgan fingerprint density at radius 2 is 2.24 bits per heavy atom. The number of aliphatic hydroxyl groups excluding tert-OH is 1. The average molecular weight is 353 g/mol. The highest BCUT2D eigenvalue weighted by Crippen LogP contribution is 2.29. The second-order valence-electron chi connectivity index (χ2n) is 6.12. The summed E-state index contributed by atoms with van der Waals surface area (Å²) in [5.74, 6) is 1.04. The summed E-state index contributed by atoms with van der Waals surface area (Å²) in [5.41, 5.74) is 2.84. The van der Waals surface area contributed by atoms with Gasteiger partial charge in [-0.25, -0.2) is 4.98 Å². The largest absolute Gasteiger partial charge is 0.439 e. The fourth-order valence-electron chi connectivity index (χ4n) is 2.84. The summed E-state index contributed by atoms with van der Waals surface area (Å²) in [6.45, 7) is 4.88. The summed E-state index contributed by atoms with van der Waals surface area (Å²) in [5, 5.41) is 13.3. The first-order chi connectivity index (χ1) is 10.0. The maximum Gasteiger partial charge on any atom is 0.198 e. The molecule has 0 bridgehead atoms. The maximum absolute atomic E-state index is 9.86. The van der Waals surface area contributed by atoms with Crippen LogP contribution in [0.4, 0.5) is 0 Å². The molecular weight excluding hydrogens is 332 g/mol. The summed E-state index contributed by atoms with van der Waals surface area (Å²) in [4.78, 5) is 4.55. The van der Waals surface area contributed by atoms with Gasteiger partial charge in [0.15, 0.2) is 11.5 Å². The third-order valence-electron chi connectivity index (χ3n) is 4.06. The number of aliphatic hydroxyl groups is 1. The summed E-state index contributed by atoms with van der Waals surface area (Å²) >= 11 is 3.56. The third kappa shape index (κ3) is 3.15. The predicted octanol–water partition coefficient (Wildman–Crippen LogP) is 3.72. The van der Waals surface area contributed by atoms with Crippen molar-refractivity contribution in [3.8, 4) is 0 Å². The van der Waals surface area contributed by atoms with Gasteiger partial charge in [0.25, 0.3) is 0 Å². The van der Waals surface area contributed by atoms with Gasteiger partial charge in [0.05, 0.1) is 10.6 Å². The molecule has 1 aliphatic rings. The number of fused-ring (bicyclic) bond motifs is 1. The van der Waals surface area contributed by atoms with Gasteiger partial charge in [-0.05, 0) is 52.9 Å². The molecule has 0 amide bonds. The Bertz CT molecular complexity index is 638. The van der Waals surface area contributed by atoms with Gasteiger partial charge >= 0.3 is 0 Å². The molecule has 2 N–H and O–H groups in total. The molecule has 2 aromatic rings. The minimum Gasteiger partial charge on any atom is -0.439 e. The van der Waals surface area contributed by atoms with Crippen LogP contribution in [-0.4, -0.2) is 22.2 Å². The van der Waals surface area contributed by atoms with Gasteiger partial charge < -0.3 is 14.8 Å². The molecule has 5 heteroatoms. The fourth-order valence-corrected chi connectivity index (χ4v) is 3.42. The standard InChI is InChI=1S/C16H21BrN2O2/c1-9(2)16-19-13-7-10(6-11(17)15(13)21-16)8-18-12-4-3-5-14(12)20/h6-7,9,12,14,18,20H,3-5,8H2,1-2H3/t12-,14+/m1/s1. The summed E-state index contributed by atoms with van der Waals surface area (Å²) in [6.07, 6.45) is 2.84. The number of hydrogen-bond donors (Lipinski definition) is 2. The van der Waals surface area contributed by atoms with Crippen molar-refractivity contribution >= 4 is 27.0 Å². The number of benzene rings is 1. The Labute approximate surface area is 133 Å². The predicted molar refractivity (Wildman–Crippen MR) is 86.3 cm³/mol. The van der Waals surface area contributed by atoms with Crippen LogP contribution in [0.15, 0.2) is 21.0 Å². The first kappa shape index (κ1) is 15.0. The van der Waals surface area contributed by atoms with Crippen molar-refractivity contribution in [2.24, 2.45) is 0 Å². The number of nitrogens with one attached hydrogen (secondary N) is 1. The summed E-state index contributed by atoms with van der Waals surface area (Å²) in [6, 6.07) is 4.33. The van der Waals surface area contributed by atoms with E-state index in [0.29, 0.717) is 0 Å². The second-order valence-corrected chi connectivity index (χ2v) is 6.97. The van der Waals surface area contributed by atoms with Gasteiger partial charge in [0.1, 0.15) is 5.52 Å². The van der Waals surface area contributed by atoms with E-state index in [9.17, 15) is 5.11 Å². The van der Waals surface area contributed by atoms with Crippen LogP contribution in [0.3, 0.4) is 0 Å². The Balaban J connectivity index is 1.79. The lowest BCUT2D eigenvalue weighted by Crippen LogP contribution is -2.35. The number of oxazole rings is 1. The molecule has 1 heterocycles. The van der Waals surface area contributed by atoms with Crippen LogP contribution in [0.1, 0.15) is 50.5 Å². The number of hydrogen-bond acceptors (Lipinski definition) is 4. The molecule has 1 saturated carbocycles. The molecular formula is C16H21BrN2O2. The average Bonchev–Trinajstić information content (AvgIpc) is 3.03. The van der Waals surface area contributed by atoms with Crippen LogP contribution in [0.25, 0.3) is 11.1 Å². The summed E-state index contributed by atoms with van der Waals surface area (Å²) < 4.78 is 6.73. The number of aromatic nitrogens is 1. The van der Waals surface area contributed by atoms with Gasteiger partial charge in [-0.3, -0.25) is 0 Å². The third-order valence-corrected chi connectivity index (χ3v) is 4.65. The van der Waals surface area contributed by atoms with E-state index in [0.717, 1.165) is 52.8 Å². The van der Waals surface area contributed by atoms with Crippen molar-refractivity contribution in [1.82, 2.24) is 10.3 Å². The molecule has 114 valence electrons. The molecule has 0 aliphatic heterocycles. The molecule has 0 radical (unpaired) electrons. The Morgan fingerprint density at radius 1 is 1.43 bits per heavy atom. The number of rotatable bonds is 4. The first-order valence-electron chi connectivity index (χ1n) is 7.55. The van der Waals surface area contributed by atoms with E-state index in [1.54, 1.807) is 0 Å². The Hall–Kier alpha value is -0.910. The van der Waals surface area contributed by atoms with Gasteiger partial charge in [-0.1, -0.05) is 13.8 Å². The minimum absolute atomic E-state index is 0.211. The van der Waals surface area contributed by atoms with Crippen molar-refractivity contribution in [2.45, 2.75) is 57.7 Å². The fraction of sp³-hybridized carbons (Fsp3) is 0.562. The molecule has 1 fully saturated rings.